The maximum Gasteiger partial charge on any atom is 0.173 e. The van der Waals surface area contributed by atoms with Crippen molar-refractivity contribution in [2.45, 2.75) is 51.0 Å². The van der Waals surface area contributed by atoms with Crippen LogP contribution in [0.2, 0.25) is 0 Å². The predicted octanol–water partition coefficient (Wildman–Crippen LogP) is 2.68. The maximum atomic E-state index is 6.20. The van der Waals surface area contributed by atoms with Gasteiger partial charge < -0.3 is 19.5 Å². The van der Waals surface area contributed by atoms with E-state index in [1.54, 1.807) is 0 Å². The summed E-state index contributed by atoms with van der Waals surface area (Å²) >= 11 is 0. The van der Waals surface area contributed by atoms with Gasteiger partial charge in [-0.3, -0.25) is 4.98 Å². The van der Waals surface area contributed by atoms with Crippen LogP contribution >= 0.6 is 0 Å². The number of rotatable bonds is 6. The summed E-state index contributed by atoms with van der Waals surface area (Å²) in [5.74, 6) is 0.209. The van der Waals surface area contributed by atoms with Gasteiger partial charge in [-0.05, 0) is 24.5 Å². The number of nitrogens with one attached hydrogen (secondary N) is 1. The van der Waals surface area contributed by atoms with Crippen LogP contribution in [0.5, 0.6) is 0 Å². The molecule has 2 saturated heterocycles. The van der Waals surface area contributed by atoms with Crippen molar-refractivity contribution >= 4 is 0 Å². The van der Waals surface area contributed by atoms with Crippen LogP contribution in [0.3, 0.4) is 0 Å². The van der Waals surface area contributed by atoms with Crippen LogP contribution in [0.1, 0.15) is 44.8 Å². The second-order valence-electron chi connectivity index (χ2n) is 6.92. The van der Waals surface area contributed by atoms with E-state index in [0.29, 0.717) is 12.5 Å². The maximum absolute atomic E-state index is 6.20. The van der Waals surface area contributed by atoms with E-state index in [4.69, 9.17) is 14.2 Å². The van der Waals surface area contributed by atoms with Crippen LogP contribution in [0.25, 0.3) is 0 Å². The average Bonchev–Trinajstić information content (AvgIpc) is 2.95. The number of hydrogen-bond acceptors (Lipinski definition) is 5. The van der Waals surface area contributed by atoms with Crippen LogP contribution in [0, 0.1) is 5.92 Å². The molecule has 0 aliphatic carbocycles. The van der Waals surface area contributed by atoms with Gasteiger partial charge >= 0.3 is 0 Å². The molecule has 1 N–H and O–H groups in total. The van der Waals surface area contributed by atoms with Crippen molar-refractivity contribution in [3.05, 3.63) is 30.1 Å². The Labute approximate surface area is 138 Å². The molecule has 2 fully saturated rings. The van der Waals surface area contributed by atoms with E-state index in [2.05, 4.69) is 30.2 Å². The molecule has 1 aromatic heterocycles. The second-order valence-corrected chi connectivity index (χ2v) is 6.92. The fraction of sp³-hybridized carbons (Fsp3) is 0.722. The molecule has 128 valence electrons. The quantitative estimate of drug-likeness (QED) is 0.873. The number of hydrogen-bond donors (Lipinski definition) is 1. The number of ether oxygens (including phenoxy) is 3. The number of aromatic nitrogens is 1. The number of nitrogens with zero attached hydrogens (tertiary/aromatic N) is 1. The molecule has 2 aliphatic heterocycles. The highest BCUT2D eigenvalue weighted by molar-refractivity contribution is 5.09. The lowest BCUT2D eigenvalue weighted by molar-refractivity contribution is -0.210. The van der Waals surface area contributed by atoms with Gasteiger partial charge in [-0.2, -0.15) is 0 Å². The first-order valence-electron chi connectivity index (χ1n) is 8.71. The highest BCUT2D eigenvalue weighted by Gasteiger charge is 2.42. The monoisotopic (exact) mass is 320 g/mol. The predicted molar refractivity (Wildman–Crippen MR) is 88.0 cm³/mol. The van der Waals surface area contributed by atoms with Gasteiger partial charge in [-0.1, -0.05) is 19.9 Å². The van der Waals surface area contributed by atoms with Gasteiger partial charge in [0, 0.05) is 31.6 Å². The molecule has 0 amide bonds. The lowest BCUT2D eigenvalue weighted by atomic mass is 10.0. The Morgan fingerprint density at radius 3 is 2.83 bits per heavy atom. The van der Waals surface area contributed by atoms with Crippen LogP contribution in [-0.2, 0) is 14.2 Å². The second kappa shape index (κ2) is 7.71. The highest BCUT2D eigenvalue weighted by atomic mass is 16.7. The van der Waals surface area contributed by atoms with Crippen LogP contribution < -0.4 is 5.32 Å². The summed E-state index contributed by atoms with van der Waals surface area (Å²) in [5.41, 5.74) is 1.10. The molecular weight excluding hydrogens is 292 g/mol. The van der Waals surface area contributed by atoms with E-state index in [1.165, 1.54) is 0 Å². The van der Waals surface area contributed by atoms with E-state index in [1.807, 2.05) is 18.3 Å². The van der Waals surface area contributed by atoms with Gasteiger partial charge in [0.05, 0.1) is 31.6 Å². The van der Waals surface area contributed by atoms with Gasteiger partial charge in [0.25, 0.3) is 0 Å². The van der Waals surface area contributed by atoms with Crippen molar-refractivity contribution in [2.24, 2.45) is 5.92 Å². The van der Waals surface area contributed by atoms with E-state index in [0.717, 1.165) is 44.7 Å². The summed E-state index contributed by atoms with van der Waals surface area (Å²) in [6.07, 6.45) is 4.69. The first kappa shape index (κ1) is 16.8. The molecule has 0 aromatic carbocycles. The van der Waals surface area contributed by atoms with Gasteiger partial charge in [-0.25, -0.2) is 0 Å². The largest absolute Gasteiger partial charge is 0.381 e. The third kappa shape index (κ3) is 4.51. The fourth-order valence-corrected chi connectivity index (χ4v) is 3.30. The van der Waals surface area contributed by atoms with Crippen molar-refractivity contribution in [1.29, 1.82) is 0 Å². The summed E-state index contributed by atoms with van der Waals surface area (Å²) in [5, 5.41) is 3.63. The summed E-state index contributed by atoms with van der Waals surface area (Å²) in [4.78, 5) is 4.51. The molecule has 2 atom stereocenters. The van der Waals surface area contributed by atoms with Gasteiger partial charge in [-0.15, -0.1) is 0 Å². The lowest BCUT2D eigenvalue weighted by Gasteiger charge is -2.32. The zero-order valence-electron chi connectivity index (χ0n) is 14.2. The molecule has 0 saturated carbocycles. The normalized spacial score (nSPS) is 25.1. The minimum absolute atomic E-state index is 0.103. The third-order valence-electron chi connectivity index (χ3n) is 4.51. The zero-order chi connectivity index (χ0) is 16.1. The van der Waals surface area contributed by atoms with Gasteiger partial charge in [0.1, 0.15) is 0 Å². The lowest BCUT2D eigenvalue weighted by Crippen LogP contribution is -2.39. The molecule has 5 nitrogen and oxygen atoms in total. The minimum Gasteiger partial charge on any atom is -0.381 e. The molecule has 1 spiro atoms. The smallest absolute Gasteiger partial charge is 0.173 e. The molecule has 5 heteroatoms. The Hall–Kier alpha value is -1.01. The summed E-state index contributed by atoms with van der Waals surface area (Å²) in [7, 11) is 0. The molecule has 3 heterocycles. The topological polar surface area (TPSA) is 52.6 Å². The Balaban J connectivity index is 1.55. The van der Waals surface area contributed by atoms with E-state index >= 15 is 0 Å². The molecular formula is C18H28N2O3. The van der Waals surface area contributed by atoms with E-state index in [9.17, 15) is 0 Å². The first-order chi connectivity index (χ1) is 11.2. The van der Waals surface area contributed by atoms with Crippen LogP contribution in [0.4, 0.5) is 0 Å². The molecule has 0 unspecified atom stereocenters. The SMILES string of the molecule is CC(C)C[C@H](NC[C@H]1COC2(CCOCC2)O1)c1ccccn1. The molecule has 2 aliphatic rings. The zero-order valence-corrected chi connectivity index (χ0v) is 14.2. The van der Waals surface area contributed by atoms with E-state index < -0.39 is 5.79 Å². The highest BCUT2D eigenvalue weighted by Crippen LogP contribution is 2.33. The average molecular weight is 320 g/mol. The van der Waals surface area contributed by atoms with Crippen molar-refractivity contribution in [3.63, 3.8) is 0 Å². The van der Waals surface area contributed by atoms with Gasteiger partial charge in [0.15, 0.2) is 5.79 Å². The van der Waals surface area contributed by atoms with Crippen LogP contribution in [-0.4, -0.2) is 43.2 Å². The van der Waals surface area contributed by atoms with Crippen molar-refractivity contribution in [3.8, 4) is 0 Å². The van der Waals surface area contributed by atoms with Crippen molar-refractivity contribution in [1.82, 2.24) is 10.3 Å². The van der Waals surface area contributed by atoms with Crippen molar-refractivity contribution < 1.29 is 14.2 Å². The molecule has 1 aromatic rings. The standard InChI is InChI=1S/C18H28N2O3/c1-14(2)11-17(16-5-3-4-8-19-16)20-12-15-13-22-18(23-15)6-9-21-10-7-18/h3-5,8,14-15,17,20H,6-7,9-13H2,1-2H3/t15-,17-/m0/s1. The first-order valence-corrected chi connectivity index (χ1v) is 8.71. The Kier molecular flexibility index (Phi) is 5.64. The molecule has 0 radical (unpaired) electrons. The number of pyridine rings is 1. The Morgan fingerprint density at radius 1 is 1.30 bits per heavy atom. The molecule has 3 rings (SSSR count). The van der Waals surface area contributed by atoms with Gasteiger partial charge in [0.2, 0.25) is 0 Å². The van der Waals surface area contributed by atoms with E-state index in [-0.39, 0.29) is 12.1 Å². The fourth-order valence-electron chi connectivity index (χ4n) is 3.30. The summed E-state index contributed by atoms with van der Waals surface area (Å²) in [6.45, 7) is 7.38. The molecule has 23 heavy (non-hydrogen) atoms. The Morgan fingerprint density at radius 2 is 2.13 bits per heavy atom. The Bertz CT molecular complexity index is 474. The minimum atomic E-state index is -0.400. The van der Waals surface area contributed by atoms with Crippen LogP contribution in [0.15, 0.2) is 24.4 Å². The summed E-state index contributed by atoms with van der Waals surface area (Å²) < 4.78 is 17.6. The summed E-state index contributed by atoms with van der Waals surface area (Å²) in [6, 6.07) is 6.35. The molecule has 0 bridgehead atoms. The third-order valence-corrected chi connectivity index (χ3v) is 4.51. The van der Waals surface area contributed by atoms with Crippen molar-refractivity contribution in [2.75, 3.05) is 26.4 Å².